The Morgan fingerprint density at radius 2 is 1.78 bits per heavy atom. The molecule has 0 unspecified atom stereocenters. The summed E-state index contributed by atoms with van der Waals surface area (Å²) in [5.41, 5.74) is 1.18. The minimum absolute atomic E-state index is 0.214. The highest BCUT2D eigenvalue weighted by Gasteiger charge is 2.21. The molecule has 23 heavy (non-hydrogen) atoms. The highest BCUT2D eigenvalue weighted by atomic mass is 32.2. The van der Waals surface area contributed by atoms with Crippen molar-refractivity contribution in [3.05, 3.63) is 48.0 Å². The summed E-state index contributed by atoms with van der Waals surface area (Å²) in [7, 11) is -3.21. The number of hydrogen-bond acceptors (Lipinski definition) is 3. The van der Waals surface area contributed by atoms with Gasteiger partial charge in [0.05, 0.1) is 5.75 Å². The summed E-state index contributed by atoms with van der Waals surface area (Å²) in [6.07, 6.45) is 2.38. The van der Waals surface area contributed by atoms with E-state index in [1.54, 1.807) is 0 Å². The molecule has 0 aromatic heterocycles. The number of hydrogen-bond donors (Lipinski definition) is 1. The first-order chi connectivity index (χ1) is 11.1. The van der Waals surface area contributed by atoms with Crippen molar-refractivity contribution in [1.29, 1.82) is 0 Å². The topological polar surface area (TPSA) is 55.4 Å². The quantitative estimate of drug-likeness (QED) is 0.884. The highest BCUT2D eigenvalue weighted by Crippen LogP contribution is 2.19. The average molecular weight is 333 g/mol. The van der Waals surface area contributed by atoms with Crippen molar-refractivity contribution < 1.29 is 13.2 Å². The van der Waals surface area contributed by atoms with Crippen LogP contribution in [0.25, 0.3) is 10.8 Å². The summed E-state index contributed by atoms with van der Waals surface area (Å²) in [6.45, 7) is 1.80. The maximum atomic E-state index is 12.2. The second-order valence-electron chi connectivity index (χ2n) is 6.12. The lowest BCUT2D eigenvalue weighted by Gasteiger charge is -2.21. The summed E-state index contributed by atoms with van der Waals surface area (Å²) >= 11 is 0. The van der Waals surface area contributed by atoms with Gasteiger partial charge in [-0.15, -0.1) is 0 Å². The Balaban J connectivity index is 1.57. The molecule has 1 saturated heterocycles. The maximum absolute atomic E-state index is 12.2. The van der Waals surface area contributed by atoms with Crippen molar-refractivity contribution in [1.82, 2.24) is 4.72 Å². The summed E-state index contributed by atoms with van der Waals surface area (Å²) in [4.78, 5) is 0. The van der Waals surface area contributed by atoms with Crippen LogP contribution in [0.4, 0.5) is 0 Å². The van der Waals surface area contributed by atoms with Gasteiger partial charge in [-0.1, -0.05) is 42.5 Å². The SMILES string of the molecule is O=S(=O)(CC1CCOCC1)NCCc1cccc2ccccc12. The molecule has 1 fully saturated rings. The second-order valence-corrected chi connectivity index (χ2v) is 7.97. The Bertz CT molecular complexity index is 746. The molecule has 0 spiro atoms. The van der Waals surface area contributed by atoms with Crippen LogP contribution >= 0.6 is 0 Å². The molecule has 124 valence electrons. The third kappa shape index (κ3) is 4.53. The maximum Gasteiger partial charge on any atom is 0.211 e. The lowest BCUT2D eigenvalue weighted by atomic mass is 10.0. The molecule has 3 rings (SSSR count). The molecule has 0 amide bonds. The van der Waals surface area contributed by atoms with Crippen LogP contribution in [-0.2, 0) is 21.2 Å². The van der Waals surface area contributed by atoms with E-state index in [1.807, 2.05) is 18.2 Å². The summed E-state index contributed by atoms with van der Waals surface area (Å²) in [5.74, 6) is 0.435. The van der Waals surface area contributed by atoms with Gasteiger partial charge in [0.15, 0.2) is 0 Å². The van der Waals surface area contributed by atoms with Crippen LogP contribution in [0.3, 0.4) is 0 Å². The fourth-order valence-electron chi connectivity index (χ4n) is 3.13. The van der Waals surface area contributed by atoms with Crippen molar-refractivity contribution in [3.63, 3.8) is 0 Å². The smallest absolute Gasteiger partial charge is 0.211 e. The van der Waals surface area contributed by atoms with Gasteiger partial charge in [-0.05, 0) is 41.5 Å². The Morgan fingerprint density at radius 3 is 2.61 bits per heavy atom. The number of ether oxygens (including phenoxy) is 1. The molecular weight excluding hydrogens is 310 g/mol. The summed E-state index contributed by atoms with van der Waals surface area (Å²) in [5, 5.41) is 2.38. The van der Waals surface area contributed by atoms with Gasteiger partial charge in [-0.2, -0.15) is 0 Å². The standard InChI is InChI=1S/C18H23NO3S/c20-23(21,14-15-9-12-22-13-10-15)19-11-8-17-6-3-5-16-4-1-2-7-18(16)17/h1-7,15,19H,8-14H2. The first-order valence-corrected chi connectivity index (χ1v) is 9.81. The van der Waals surface area contributed by atoms with Crippen LogP contribution in [0.5, 0.6) is 0 Å². The average Bonchev–Trinajstić information content (AvgIpc) is 2.55. The number of fused-ring (bicyclic) bond motifs is 1. The Hall–Kier alpha value is -1.43. The van der Waals surface area contributed by atoms with E-state index in [2.05, 4.69) is 29.0 Å². The van der Waals surface area contributed by atoms with Crippen LogP contribution in [0.15, 0.2) is 42.5 Å². The minimum Gasteiger partial charge on any atom is -0.381 e. The Kier molecular flexibility index (Phi) is 5.30. The number of sulfonamides is 1. The van der Waals surface area contributed by atoms with E-state index in [-0.39, 0.29) is 11.7 Å². The van der Waals surface area contributed by atoms with Gasteiger partial charge in [0.2, 0.25) is 10.0 Å². The molecule has 4 nitrogen and oxygen atoms in total. The van der Waals surface area contributed by atoms with E-state index in [9.17, 15) is 8.42 Å². The van der Waals surface area contributed by atoms with E-state index in [1.165, 1.54) is 16.3 Å². The van der Waals surface area contributed by atoms with E-state index >= 15 is 0 Å². The molecule has 2 aromatic carbocycles. The van der Waals surface area contributed by atoms with E-state index in [0.717, 1.165) is 12.8 Å². The van der Waals surface area contributed by atoms with Crippen molar-refractivity contribution in [2.24, 2.45) is 5.92 Å². The lowest BCUT2D eigenvalue weighted by Crippen LogP contribution is -2.33. The van der Waals surface area contributed by atoms with Crippen LogP contribution in [-0.4, -0.2) is 33.9 Å². The third-order valence-corrected chi connectivity index (χ3v) is 5.95. The van der Waals surface area contributed by atoms with Crippen LogP contribution in [0, 0.1) is 5.92 Å². The molecule has 0 saturated carbocycles. The molecule has 0 bridgehead atoms. The van der Waals surface area contributed by atoms with Gasteiger partial charge >= 0.3 is 0 Å². The first-order valence-electron chi connectivity index (χ1n) is 8.16. The first kappa shape index (κ1) is 16.4. The van der Waals surface area contributed by atoms with Gasteiger partial charge in [0.1, 0.15) is 0 Å². The van der Waals surface area contributed by atoms with Crippen LogP contribution < -0.4 is 4.72 Å². The fourth-order valence-corrected chi connectivity index (χ4v) is 4.62. The van der Waals surface area contributed by atoms with Gasteiger partial charge < -0.3 is 4.74 Å². The normalized spacial score (nSPS) is 16.7. The zero-order valence-corrected chi connectivity index (χ0v) is 14.0. The summed E-state index contributed by atoms with van der Waals surface area (Å²) < 4.78 is 32.4. The molecule has 2 aromatic rings. The molecule has 5 heteroatoms. The predicted octanol–water partition coefficient (Wildman–Crippen LogP) is 2.73. The van der Waals surface area contributed by atoms with Crippen molar-refractivity contribution in [2.45, 2.75) is 19.3 Å². The summed E-state index contributed by atoms with van der Waals surface area (Å²) in [6, 6.07) is 14.4. The highest BCUT2D eigenvalue weighted by molar-refractivity contribution is 7.89. The monoisotopic (exact) mass is 333 g/mol. The molecule has 0 aliphatic carbocycles. The molecular formula is C18H23NO3S. The van der Waals surface area contributed by atoms with Gasteiger partial charge in [-0.3, -0.25) is 0 Å². The van der Waals surface area contributed by atoms with E-state index in [0.29, 0.717) is 26.2 Å². The minimum atomic E-state index is -3.21. The molecule has 0 atom stereocenters. The molecule has 1 N–H and O–H groups in total. The number of nitrogens with one attached hydrogen (secondary N) is 1. The zero-order chi connectivity index (χ0) is 16.1. The van der Waals surface area contributed by atoms with Crippen LogP contribution in [0.1, 0.15) is 18.4 Å². The molecule has 0 radical (unpaired) electrons. The fraction of sp³-hybridized carbons (Fsp3) is 0.444. The van der Waals surface area contributed by atoms with E-state index < -0.39 is 10.0 Å². The molecule has 1 aliphatic heterocycles. The van der Waals surface area contributed by atoms with Crippen LogP contribution in [0.2, 0.25) is 0 Å². The molecule has 1 aliphatic rings. The Morgan fingerprint density at radius 1 is 1.04 bits per heavy atom. The lowest BCUT2D eigenvalue weighted by molar-refractivity contribution is 0.0723. The van der Waals surface area contributed by atoms with Gasteiger partial charge in [0.25, 0.3) is 0 Å². The van der Waals surface area contributed by atoms with Crippen molar-refractivity contribution in [2.75, 3.05) is 25.5 Å². The molecule has 1 heterocycles. The van der Waals surface area contributed by atoms with Gasteiger partial charge in [-0.25, -0.2) is 13.1 Å². The number of rotatable bonds is 6. The Labute approximate surface area is 137 Å². The van der Waals surface area contributed by atoms with Crippen molar-refractivity contribution in [3.8, 4) is 0 Å². The predicted molar refractivity (Wildman–Crippen MR) is 93.0 cm³/mol. The second kappa shape index (κ2) is 7.43. The number of benzene rings is 2. The third-order valence-electron chi connectivity index (χ3n) is 4.39. The zero-order valence-electron chi connectivity index (χ0n) is 13.2. The largest absolute Gasteiger partial charge is 0.381 e. The van der Waals surface area contributed by atoms with Gasteiger partial charge in [0, 0.05) is 19.8 Å². The van der Waals surface area contributed by atoms with Crippen molar-refractivity contribution >= 4 is 20.8 Å². The van der Waals surface area contributed by atoms with E-state index in [4.69, 9.17) is 4.74 Å².